The maximum atomic E-state index is 12.2. The molecule has 0 saturated carbocycles. The lowest BCUT2D eigenvalue weighted by molar-refractivity contribution is 0.0955. The van der Waals surface area contributed by atoms with Crippen LogP contribution in [-0.2, 0) is 0 Å². The third-order valence-electron chi connectivity index (χ3n) is 3.47. The predicted molar refractivity (Wildman–Crippen MR) is 91.4 cm³/mol. The van der Waals surface area contributed by atoms with Crippen molar-refractivity contribution >= 4 is 22.8 Å². The van der Waals surface area contributed by atoms with Crippen LogP contribution in [-0.4, -0.2) is 29.0 Å². The van der Waals surface area contributed by atoms with Crippen molar-refractivity contribution in [2.45, 2.75) is 13.8 Å². The van der Waals surface area contributed by atoms with Crippen molar-refractivity contribution in [3.8, 4) is 0 Å². The topological polar surface area (TPSA) is 100 Å². The van der Waals surface area contributed by atoms with Crippen LogP contribution in [0.1, 0.15) is 21.8 Å². The normalized spacial score (nSPS) is 10.8. The van der Waals surface area contributed by atoms with Crippen LogP contribution < -0.4 is 16.2 Å². The van der Waals surface area contributed by atoms with Gasteiger partial charge in [-0.15, -0.1) is 0 Å². The van der Waals surface area contributed by atoms with E-state index in [-0.39, 0.29) is 11.5 Å². The zero-order chi connectivity index (χ0) is 17.1. The average Bonchev–Trinajstić information content (AvgIpc) is 2.89. The summed E-state index contributed by atoms with van der Waals surface area (Å²) < 4.78 is 5.49. The molecular formula is C17H18N4O3. The molecule has 0 bridgehead atoms. The number of furan rings is 1. The van der Waals surface area contributed by atoms with Gasteiger partial charge >= 0.3 is 0 Å². The maximum Gasteiger partial charge on any atom is 0.252 e. The smallest absolute Gasteiger partial charge is 0.252 e. The van der Waals surface area contributed by atoms with Gasteiger partial charge in [-0.1, -0.05) is 0 Å². The highest BCUT2D eigenvalue weighted by Crippen LogP contribution is 2.20. The van der Waals surface area contributed by atoms with Crippen LogP contribution in [0.3, 0.4) is 0 Å². The summed E-state index contributed by atoms with van der Waals surface area (Å²) >= 11 is 0. The third kappa shape index (κ3) is 3.62. The lowest BCUT2D eigenvalue weighted by Gasteiger charge is -2.07. The first-order valence-corrected chi connectivity index (χ1v) is 7.61. The van der Waals surface area contributed by atoms with Gasteiger partial charge in [0.25, 0.3) is 11.5 Å². The van der Waals surface area contributed by atoms with Gasteiger partial charge in [-0.3, -0.25) is 14.6 Å². The number of amides is 1. The van der Waals surface area contributed by atoms with Crippen LogP contribution in [0.2, 0.25) is 0 Å². The summed E-state index contributed by atoms with van der Waals surface area (Å²) in [5, 5.41) is 6.69. The number of aromatic amines is 1. The summed E-state index contributed by atoms with van der Waals surface area (Å²) in [4.78, 5) is 30.2. The Bertz CT molecular complexity index is 942. The second kappa shape index (κ2) is 6.57. The number of anilines is 1. The molecule has 7 nitrogen and oxygen atoms in total. The van der Waals surface area contributed by atoms with E-state index in [2.05, 4.69) is 20.6 Å². The Morgan fingerprint density at radius 3 is 2.83 bits per heavy atom. The Morgan fingerprint density at radius 1 is 1.21 bits per heavy atom. The first-order valence-electron chi connectivity index (χ1n) is 7.61. The zero-order valence-electron chi connectivity index (χ0n) is 13.5. The van der Waals surface area contributed by atoms with Crippen LogP contribution in [0.15, 0.2) is 39.5 Å². The molecule has 7 heteroatoms. The Morgan fingerprint density at radius 2 is 2.04 bits per heavy atom. The Kier molecular flexibility index (Phi) is 4.33. The molecular weight excluding hydrogens is 308 g/mol. The molecule has 1 aromatic carbocycles. The minimum atomic E-state index is -0.210. The van der Waals surface area contributed by atoms with Crippen molar-refractivity contribution in [1.82, 2.24) is 15.3 Å². The van der Waals surface area contributed by atoms with Crippen LogP contribution in [0.4, 0.5) is 5.95 Å². The van der Waals surface area contributed by atoms with Crippen LogP contribution in [0.25, 0.3) is 11.0 Å². The molecule has 0 atom stereocenters. The number of hydrogen-bond acceptors (Lipinski definition) is 5. The monoisotopic (exact) mass is 326 g/mol. The fourth-order valence-electron chi connectivity index (χ4n) is 2.44. The molecule has 0 unspecified atom stereocenters. The summed E-state index contributed by atoms with van der Waals surface area (Å²) in [5.74, 6) is 1.04. The van der Waals surface area contributed by atoms with E-state index >= 15 is 0 Å². The molecule has 3 N–H and O–H groups in total. The summed E-state index contributed by atoms with van der Waals surface area (Å²) in [5.41, 5.74) is 1.76. The number of carbonyl (C=O) groups is 1. The van der Waals surface area contributed by atoms with E-state index in [9.17, 15) is 9.59 Å². The highest BCUT2D eigenvalue weighted by molar-refractivity contribution is 5.97. The highest BCUT2D eigenvalue weighted by Gasteiger charge is 2.08. The first-order chi connectivity index (χ1) is 11.5. The van der Waals surface area contributed by atoms with Gasteiger partial charge in [0.2, 0.25) is 5.95 Å². The number of rotatable bonds is 5. The number of fused-ring (bicyclic) bond motifs is 1. The zero-order valence-corrected chi connectivity index (χ0v) is 13.5. The van der Waals surface area contributed by atoms with Crippen LogP contribution in [0.5, 0.6) is 0 Å². The highest BCUT2D eigenvalue weighted by atomic mass is 16.3. The van der Waals surface area contributed by atoms with E-state index in [0.29, 0.717) is 30.3 Å². The van der Waals surface area contributed by atoms with Crippen molar-refractivity contribution in [1.29, 1.82) is 0 Å². The SMILES string of the molecule is Cc1cc(=O)[nH]c(NCCNC(=O)c2ccc3oc(C)cc3c2)n1. The molecule has 1 amide bonds. The van der Waals surface area contributed by atoms with E-state index in [0.717, 1.165) is 16.7 Å². The van der Waals surface area contributed by atoms with E-state index in [1.807, 2.05) is 13.0 Å². The van der Waals surface area contributed by atoms with Crippen molar-refractivity contribution in [3.05, 3.63) is 57.7 Å². The van der Waals surface area contributed by atoms with Gasteiger partial charge < -0.3 is 15.1 Å². The summed E-state index contributed by atoms with van der Waals surface area (Å²) in [6.07, 6.45) is 0. The maximum absolute atomic E-state index is 12.2. The number of H-pyrrole nitrogens is 1. The Labute approximate surface area is 138 Å². The second-order valence-corrected chi connectivity index (χ2v) is 5.53. The largest absolute Gasteiger partial charge is 0.461 e. The molecule has 24 heavy (non-hydrogen) atoms. The van der Waals surface area contributed by atoms with Gasteiger partial charge in [-0.2, -0.15) is 0 Å². The van der Waals surface area contributed by atoms with Crippen LogP contribution >= 0.6 is 0 Å². The fraction of sp³-hybridized carbons (Fsp3) is 0.235. The molecule has 3 rings (SSSR count). The average molecular weight is 326 g/mol. The molecule has 2 heterocycles. The van der Waals surface area contributed by atoms with Gasteiger partial charge in [0.1, 0.15) is 11.3 Å². The number of aryl methyl sites for hydroxylation is 2. The van der Waals surface area contributed by atoms with Gasteiger partial charge in [-0.05, 0) is 38.1 Å². The predicted octanol–water partition coefficient (Wildman–Crippen LogP) is 1.97. The molecule has 0 aliphatic heterocycles. The van der Waals surface area contributed by atoms with E-state index in [4.69, 9.17) is 4.42 Å². The molecule has 0 aliphatic rings. The summed E-state index contributed by atoms with van der Waals surface area (Å²) in [6, 6.07) is 8.63. The van der Waals surface area contributed by atoms with Crippen molar-refractivity contribution in [3.63, 3.8) is 0 Å². The number of nitrogens with one attached hydrogen (secondary N) is 3. The van der Waals surface area contributed by atoms with Gasteiger partial charge in [-0.25, -0.2) is 4.98 Å². The number of aromatic nitrogens is 2. The van der Waals surface area contributed by atoms with Gasteiger partial charge in [0.15, 0.2) is 0 Å². The van der Waals surface area contributed by atoms with Gasteiger partial charge in [0, 0.05) is 35.8 Å². The molecule has 0 spiro atoms. The molecule has 0 fully saturated rings. The number of carbonyl (C=O) groups excluding carboxylic acids is 1. The summed E-state index contributed by atoms with van der Waals surface area (Å²) in [6.45, 7) is 4.47. The van der Waals surface area contributed by atoms with Crippen molar-refractivity contribution in [2.24, 2.45) is 0 Å². The minimum Gasteiger partial charge on any atom is -0.461 e. The third-order valence-corrected chi connectivity index (χ3v) is 3.47. The van der Waals surface area contributed by atoms with Crippen LogP contribution in [0, 0.1) is 13.8 Å². The molecule has 0 aliphatic carbocycles. The Balaban J connectivity index is 1.55. The van der Waals surface area contributed by atoms with E-state index in [1.54, 1.807) is 25.1 Å². The molecule has 2 aromatic heterocycles. The standard InChI is InChI=1S/C17H18N4O3/c1-10-7-15(22)21-17(20-10)19-6-5-18-16(23)12-3-4-14-13(9-12)8-11(2)24-14/h3-4,7-9H,5-6H2,1-2H3,(H,18,23)(H2,19,20,21,22). The van der Waals surface area contributed by atoms with E-state index in [1.165, 1.54) is 6.07 Å². The molecule has 3 aromatic rings. The lowest BCUT2D eigenvalue weighted by atomic mass is 10.1. The minimum absolute atomic E-state index is 0.164. The Hall–Kier alpha value is -3.09. The van der Waals surface area contributed by atoms with Crippen molar-refractivity contribution in [2.75, 3.05) is 18.4 Å². The second-order valence-electron chi connectivity index (χ2n) is 5.53. The number of nitrogens with zero attached hydrogens (tertiary/aromatic N) is 1. The van der Waals surface area contributed by atoms with E-state index < -0.39 is 0 Å². The van der Waals surface area contributed by atoms with Crippen molar-refractivity contribution < 1.29 is 9.21 Å². The van der Waals surface area contributed by atoms with Gasteiger partial charge in [0.05, 0.1) is 0 Å². The number of hydrogen-bond donors (Lipinski definition) is 3. The number of benzene rings is 1. The fourth-order valence-corrected chi connectivity index (χ4v) is 2.44. The first kappa shape index (κ1) is 15.8. The lowest BCUT2D eigenvalue weighted by Crippen LogP contribution is -2.29. The molecule has 0 radical (unpaired) electrons. The summed E-state index contributed by atoms with van der Waals surface area (Å²) in [7, 11) is 0. The molecule has 124 valence electrons. The quantitative estimate of drug-likeness (QED) is 0.623. The molecule has 0 saturated heterocycles.